The van der Waals surface area contributed by atoms with Crippen LogP contribution in [-0.4, -0.2) is 66.6 Å². The molecule has 1 N–H and O–H groups in total. The fourth-order valence-corrected chi connectivity index (χ4v) is 4.54. The van der Waals surface area contributed by atoms with Gasteiger partial charge in [-0.1, -0.05) is 17.7 Å². The smallest absolute Gasteiger partial charge is 0.380 e. The minimum Gasteiger partial charge on any atom is -0.380 e. The van der Waals surface area contributed by atoms with Crippen LogP contribution in [0.1, 0.15) is 24.5 Å². The molecule has 1 aromatic rings. The number of sulfonamides is 1. The van der Waals surface area contributed by atoms with Gasteiger partial charge in [0.1, 0.15) is 0 Å². The number of hydrogen-bond acceptors (Lipinski definition) is 4. The van der Waals surface area contributed by atoms with E-state index in [1.807, 2.05) is 6.92 Å². The highest BCUT2D eigenvalue weighted by Crippen LogP contribution is 2.33. The van der Waals surface area contributed by atoms with Gasteiger partial charge in [-0.2, -0.15) is 17.5 Å². The van der Waals surface area contributed by atoms with Crippen molar-refractivity contribution in [2.45, 2.75) is 43.9 Å². The molecule has 0 unspecified atom stereocenters. The van der Waals surface area contributed by atoms with Crippen LogP contribution in [0.3, 0.4) is 0 Å². The van der Waals surface area contributed by atoms with E-state index < -0.39 is 34.1 Å². The molecule has 1 aliphatic rings. The summed E-state index contributed by atoms with van der Waals surface area (Å²) in [4.78, 5) is 13.4. The van der Waals surface area contributed by atoms with Crippen LogP contribution in [0, 0.1) is 13.8 Å². The number of carbonyl (C=O) groups excluding carboxylic acids is 1. The van der Waals surface area contributed by atoms with Gasteiger partial charge in [-0.25, -0.2) is 8.42 Å². The van der Waals surface area contributed by atoms with Crippen LogP contribution in [0.5, 0.6) is 0 Å². The summed E-state index contributed by atoms with van der Waals surface area (Å²) in [6.45, 7) is 3.99. The SMILES string of the molecule is Cc1ccc(S(=O)(=O)N2CCN(C(=O)C[C@@](C)(O)C(F)(F)F)CC2)c(C)c1. The van der Waals surface area contributed by atoms with Gasteiger partial charge >= 0.3 is 6.18 Å². The normalized spacial score (nSPS) is 19.0. The van der Waals surface area contributed by atoms with E-state index in [9.17, 15) is 31.5 Å². The molecule has 1 atom stereocenters. The molecule has 1 amide bonds. The van der Waals surface area contributed by atoms with Crippen LogP contribution >= 0.6 is 0 Å². The maximum Gasteiger partial charge on any atom is 0.417 e. The van der Waals surface area contributed by atoms with Crippen LogP contribution in [0.2, 0.25) is 0 Å². The highest BCUT2D eigenvalue weighted by atomic mass is 32.2. The van der Waals surface area contributed by atoms with Crippen molar-refractivity contribution in [1.29, 1.82) is 0 Å². The summed E-state index contributed by atoms with van der Waals surface area (Å²) in [5, 5.41) is 9.46. The van der Waals surface area contributed by atoms with Crippen molar-refractivity contribution in [1.82, 2.24) is 9.21 Å². The van der Waals surface area contributed by atoms with Crippen molar-refractivity contribution in [3.05, 3.63) is 29.3 Å². The van der Waals surface area contributed by atoms with E-state index in [0.717, 1.165) is 10.5 Å². The maximum absolute atomic E-state index is 12.8. The Morgan fingerprint density at radius 3 is 2.19 bits per heavy atom. The first-order chi connectivity index (χ1) is 12.3. The molecular weight excluding hydrogens is 385 g/mol. The number of alkyl halides is 3. The average Bonchev–Trinajstić information content (AvgIpc) is 2.53. The number of aryl methyl sites for hydroxylation is 2. The second-order valence-corrected chi connectivity index (χ2v) is 8.91. The number of rotatable bonds is 4. The summed E-state index contributed by atoms with van der Waals surface area (Å²) in [6.07, 6.45) is -6.02. The van der Waals surface area contributed by atoms with Gasteiger partial charge in [-0.15, -0.1) is 0 Å². The van der Waals surface area contributed by atoms with Gasteiger partial charge in [0.2, 0.25) is 15.9 Å². The molecule has 0 bridgehead atoms. The highest BCUT2D eigenvalue weighted by molar-refractivity contribution is 7.89. The third-order valence-electron chi connectivity index (χ3n) is 4.65. The lowest BCUT2D eigenvalue weighted by Crippen LogP contribution is -2.53. The standard InChI is InChI=1S/C17H23F3N2O4S/c1-12-4-5-14(13(2)10-12)27(25,26)22-8-6-21(7-9-22)15(23)11-16(3,24)17(18,19)20/h4-5,10,24H,6-9,11H2,1-3H3/t16-/m1/s1. The molecule has 1 saturated heterocycles. The van der Waals surface area contributed by atoms with Crippen molar-refractivity contribution >= 4 is 15.9 Å². The van der Waals surface area contributed by atoms with Crippen LogP contribution < -0.4 is 0 Å². The molecule has 0 aliphatic carbocycles. The molecular formula is C17H23F3N2O4S. The van der Waals surface area contributed by atoms with Crippen LogP contribution in [0.15, 0.2) is 23.1 Å². The molecule has 0 radical (unpaired) electrons. The zero-order chi connectivity index (χ0) is 20.6. The van der Waals surface area contributed by atoms with E-state index in [2.05, 4.69) is 0 Å². The molecule has 152 valence electrons. The predicted octanol–water partition coefficient (Wildman–Crippen LogP) is 1.84. The van der Waals surface area contributed by atoms with Crippen LogP contribution in [-0.2, 0) is 14.8 Å². The molecule has 0 aromatic heterocycles. The Morgan fingerprint density at radius 2 is 1.70 bits per heavy atom. The molecule has 1 aliphatic heterocycles. The van der Waals surface area contributed by atoms with Gasteiger partial charge in [0.25, 0.3) is 0 Å². The Morgan fingerprint density at radius 1 is 1.15 bits per heavy atom. The molecule has 2 rings (SSSR count). The monoisotopic (exact) mass is 408 g/mol. The Labute approximate surface area is 156 Å². The van der Waals surface area contributed by atoms with Gasteiger partial charge < -0.3 is 10.0 Å². The fraction of sp³-hybridized carbons (Fsp3) is 0.588. The number of piperazine rings is 1. The van der Waals surface area contributed by atoms with E-state index in [1.165, 1.54) is 10.4 Å². The van der Waals surface area contributed by atoms with Crippen LogP contribution in [0.25, 0.3) is 0 Å². The summed E-state index contributed by atoms with van der Waals surface area (Å²) in [6, 6.07) is 4.98. The van der Waals surface area contributed by atoms with E-state index in [1.54, 1.807) is 19.1 Å². The Hall–Kier alpha value is -1.65. The number of nitrogens with zero attached hydrogens (tertiary/aromatic N) is 2. The number of benzene rings is 1. The first-order valence-corrected chi connectivity index (χ1v) is 9.84. The third-order valence-corrected chi connectivity index (χ3v) is 6.70. The Balaban J connectivity index is 2.05. The molecule has 1 fully saturated rings. The van der Waals surface area contributed by atoms with Crippen LogP contribution in [0.4, 0.5) is 13.2 Å². The number of halogens is 3. The van der Waals surface area contributed by atoms with E-state index in [-0.39, 0.29) is 31.1 Å². The number of carbonyl (C=O) groups is 1. The minimum absolute atomic E-state index is 0.0183. The quantitative estimate of drug-likeness (QED) is 0.825. The van der Waals surface area contributed by atoms with Gasteiger partial charge in [0.05, 0.1) is 11.3 Å². The first-order valence-electron chi connectivity index (χ1n) is 8.40. The highest BCUT2D eigenvalue weighted by Gasteiger charge is 2.51. The second-order valence-electron chi connectivity index (χ2n) is 7.00. The molecule has 1 heterocycles. The Bertz CT molecular complexity index is 814. The van der Waals surface area contributed by atoms with Crippen molar-refractivity contribution < 1.29 is 31.5 Å². The topological polar surface area (TPSA) is 77.9 Å². The second kappa shape index (κ2) is 7.40. The summed E-state index contributed by atoms with van der Waals surface area (Å²) in [7, 11) is -3.75. The fourth-order valence-electron chi connectivity index (χ4n) is 2.91. The zero-order valence-electron chi connectivity index (χ0n) is 15.4. The lowest BCUT2D eigenvalue weighted by Gasteiger charge is -2.36. The van der Waals surface area contributed by atoms with Crippen molar-refractivity contribution in [2.24, 2.45) is 0 Å². The molecule has 27 heavy (non-hydrogen) atoms. The van der Waals surface area contributed by atoms with E-state index in [4.69, 9.17) is 0 Å². The summed E-state index contributed by atoms with van der Waals surface area (Å²) < 4.78 is 65.0. The molecule has 0 spiro atoms. The number of aliphatic hydroxyl groups is 1. The summed E-state index contributed by atoms with van der Waals surface area (Å²) in [5.74, 6) is -0.860. The number of hydrogen-bond donors (Lipinski definition) is 1. The van der Waals surface area contributed by atoms with Crippen molar-refractivity contribution in [3.63, 3.8) is 0 Å². The van der Waals surface area contributed by atoms with E-state index in [0.29, 0.717) is 12.5 Å². The average molecular weight is 408 g/mol. The van der Waals surface area contributed by atoms with Gasteiger partial charge in [-0.3, -0.25) is 4.79 Å². The lowest BCUT2D eigenvalue weighted by molar-refractivity contribution is -0.254. The van der Waals surface area contributed by atoms with Crippen molar-refractivity contribution in [3.8, 4) is 0 Å². The molecule has 1 aromatic carbocycles. The first kappa shape index (κ1) is 21.6. The van der Waals surface area contributed by atoms with Crippen molar-refractivity contribution in [2.75, 3.05) is 26.2 Å². The minimum atomic E-state index is -4.92. The molecule has 6 nitrogen and oxygen atoms in total. The number of amides is 1. The zero-order valence-corrected chi connectivity index (χ0v) is 16.2. The summed E-state index contributed by atoms with van der Waals surface area (Å²) in [5.41, 5.74) is -1.58. The maximum atomic E-state index is 12.8. The van der Waals surface area contributed by atoms with E-state index >= 15 is 0 Å². The van der Waals surface area contributed by atoms with Gasteiger partial charge in [0.15, 0.2) is 5.60 Å². The van der Waals surface area contributed by atoms with Gasteiger partial charge in [-0.05, 0) is 32.4 Å². The lowest BCUT2D eigenvalue weighted by atomic mass is 10.0. The molecule has 0 saturated carbocycles. The predicted molar refractivity (Wildman–Crippen MR) is 92.6 cm³/mol. The van der Waals surface area contributed by atoms with Gasteiger partial charge in [0, 0.05) is 26.2 Å². The Kier molecular flexibility index (Phi) is 5.93. The largest absolute Gasteiger partial charge is 0.417 e. The third kappa shape index (κ3) is 4.61. The summed E-state index contributed by atoms with van der Waals surface area (Å²) >= 11 is 0. The molecule has 10 heteroatoms.